The zero-order valence-electron chi connectivity index (χ0n) is 11.0. The molecule has 1 rings (SSSR count). The number of nitrogens with two attached hydrogens (primary N) is 2. The number of hydrogen-bond acceptors (Lipinski definition) is 3. The van der Waals surface area contributed by atoms with E-state index in [-0.39, 0.29) is 11.7 Å². The Morgan fingerprint density at radius 2 is 2.00 bits per heavy atom. The molecule has 0 radical (unpaired) electrons. The van der Waals surface area contributed by atoms with Gasteiger partial charge < -0.3 is 16.4 Å². The largest absolute Gasteiger partial charge is 0.384 e. The highest BCUT2D eigenvalue weighted by Crippen LogP contribution is 2.10. The number of benzene rings is 1. The molecule has 0 heterocycles. The molecule has 2 amide bonds. The average Bonchev–Trinajstić information content (AvgIpc) is 2.35. The summed E-state index contributed by atoms with van der Waals surface area (Å²) in [6, 6.07) is 6.26. The average molecular weight is 262 g/mol. The van der Waals surface area contributed by atoms with Crippen molar-refractivity contribution in [3.05, 3.63) is 35.4 Å². The topological polar surface area (TPSA) is 113 Å². The fourth-order valence-corrected chi connectivity index (χ4v) is 1.74. The van der Waals surface area contributed by atoms with Gasteiger partial charge in [-0.25, -0.2) is 0 Å². The van der Waals surface area contributed by atoms with Gasteiger partial charge in [0.25, 0.3) is 0 Å². The van der Waals surface area contributed by atoms with Crippen LogP contribution in [0.5, 0.6) is 0 Å². The molecule has 0 aliphatic heterocycles. The highest BCUT2D eigenvalue weighted by molar-refractivity contribution is 5.95. The fraction of sp³-hybridized carbons (Fsp3) is 0.308. The molecule has 1 atom stereocenters. The number of amidine groups is 1. The summed E-state index contributed by atoms with van der Waals surface area (Å²) in [5.41, 5.74) is 12.1. The van der Waals surface area contributed by atoms with E-state index in [9.17, 15) is 9.59 Å². The Kier molecular flexibility index (Phi) is 4.63. The number of likely N-dealkylation sites (N-methyl/N-ethyl adjacent to an activating group) is 1. The summed E-state index contributed by atoms with van der Waals surface area (Å²) in [5, 5.41) is 7.37. The standard InChI is InChI=1S/C13H18N4O2/c1-8(18)17(2)11(13(16)19)7-9-4-3-5-10(6-9)12(14)15/h3-6,11H,7H2,1-2H3,(H3,14,15)(H2,16,19)/t11-/m0/s1. The van der Waals surface area contributed by atoms with Crippen molar-refractivity contribution in [2.45, 2.75) is 19.4 Å². The Bertz CT molecular complexity index is 513. The number of hydrogen-bond donors (Lipinski definition) is 3. The predicted octanol–water partition coefficient (Wildman–Crippen LogP) is -0.155. The minimum absolute atomic E-state index is 0.0441. The first-order valence-corrected chi connectivity index (χ1v) is 5.79. The number of primary amides is 1. The summed E-state index contributed by atoms with van der Waals surface area (Å²) in [4.78, 5) is 24.1. The molecular formula is C13H18N4O2. The van der Waals surface area contributed by atoms with Gasteiger partial charge in [0.2, 0.25) is 11.8 Å². The highest BCUT2D eigenvalue weighted by Gasteiger charge is 2.23. The van der Waals surface area contributed by atoms with Gasteiger partial charge in [0, 0.05) is 26.0 Å². The molecule has 0 spiro atoms. The Morgan fingerprint density at radius 1 is 1.37 bits per heavy atom. The van der Waals surface area contributed by atoms with E-state index in [0.717, 1.165) is 5.56 Å². The Morgan fingerprint density at radius 3 is 2.47 bits per heavy atom. The second kappa shape index (κ2) is 5.99. The lowest BCUT2D eigenvalue weighted by Crippen LogP contribution is -2.46. The minimum atomic E-state index is -0.709. The molecule has 0 aliphatic rings. The van der Waals surface area contributed by atoms with Crippen molar-refractivity contribution in [2.75, 3.05) is 7.05 Å². The Labute approximate surface area is 111 Å². The number of amides is 2. The second-order valence-corrected chi connectivity index (χ2v) is 4.37. The van der Waals surface area contributed by atoms with Crippen molar-refractivity contribution < 1.29 is 9.59 Å². The third-order valence-electron chi connectivity index (χ3n) is 2.96. The van der Waals surface area contributed by atoms with Crippen molar-refractivity contribution in [3.63, 3.8) is 0 Å². The van der Waals surface area contributed by atoms with E-state index in [1.165, 1.54) is 18.9 Å². The first-order chi connectivity index (χ1) is 8.82. The van der Waals surface area contributed by atoms with Crippen LogP contribution in [-0.2, 0) is 16.0 Å². The predicted molar refractivity (Wildman–Crippen MR) is 72.6 cm³/mol. The second-order valence-electron chi connectivity index (χ2n) is 4.37. The van der Waals surface area contributed by atoms with E-state index < -0.39 is 11.9 Å². The Hall–Kier alpha value is -2.37. The normalized spacial score (nSPS) is 11.7. The number of carbonyl (C=O) groups excluding carboxylic acids is 2. The molecule has 6 nitrogen and oxygen atoms in total. The third kappa shape index (κ3) is 3.80. The van der Waals surface area contributed by atoms with E-state index in [1.54, 1.807) is 24.3 Å². The summed E-state index contributed by atoms with van der Waals surface area (Å²) in [5.74, 6) is -0.838. The summed E-state index contributed by atoms with van der Waals surface area (Å²) in [6.07, 6.45) is 0.298. The maximum atomic E-state index is 11.4. The van der Waals surface area contributed by atoms with Crippen LogP contribution in [0.15, 0.2) is 24.3 Å². The van der Waals surface area contributed by atoms with Gasteiger partial charge in [-0.3, -0.25) is 15.0 Å². The van der Waals surface area contributed by atoms with Crippen LogP contribution in [0.2, 0.25) is 0 Å². The fourth-order valence-electron chi connectivity index (χ4n) is 1.74. The lowest BCUT2D eigenvalue weighted by Gasteiger charge is -2.24. The van der Waals surface area contributed by atoms with Gasteiger partial charge in [0.05, 0.1) is 0 Å². The maximum Gasteiger partial charge on any atom is 0.240 e. The first-order valence-electron chi connectivity index (χ1n) is 5.79. The van der Waals surface area contributed by atoms with E-state index in [4.69, 9.17) is 16.9 Å². The van der Waals surface area contributed by atoms with Crippen LogP contribution in [0, 0.1) is 5.41 Å². The molecule has 0 aliphatic carbocycles. The van der Waals surface area contributed by atoms with Gasteiger partial charge in [-0.05, 0) is 11.6 Å². The zero-order valence-corrected chi connectivity index (χ0v) is 11.0. The summed E-state index contributed by atoms with van der Waals surface area (Å²) >= 11 is 0. The molecule has 0 aromatic heterocycles. The summed E-state index contributed by atoms with van der Waals surface area (Å²) < 4.78 is 0. The maximum absolute atomic E-state index is 11.4. The molecule has 0 saturated heterocycles. The molecular weight excluding hydrogens is 244 g/mol. The van der Waals surface area contributed by atoms with Gasteiger partial charge in [-0.2, -0.15) is 0 Å². The Balaban J connectivity index is 2.97. The van der Waals surface area contributed by atoms with Crippen LogP contribution in [0.4, 0.5) is 0 Å². The molecule has 0 saturated carbocycles. The van der Waals surface area contributed by atoms with Crippen LogP contribution in [0.3, 0.4) is 0 Å². The number of carbonyl (C=O) groups is 2. The number of nitrogen functional groups attached to an aromatic ring is 1. The molecule has 0 fully saturated rings. The van der Waals surface area contributed by atoms with E-state index >= 15 is 0 Å². The van der Waals surface area contributed by atoms with Crippen molar-refractivity contribution in [1.29, 1.82) is 5.41 Å². The quantitative estimate of drug-likeness (QED) is 0.506. The number of nitrogens with zero attached hydrogens (tertiary/aromatic N) is 1. The lowest BCUT2D eigenvalue weighted by atomic mass is 10.0. The number of nitrogens with one attached hydrogen (secondary N) is 1. The van der Waals surface area contributed by atoms with Gasteiger partial charge >= 0.3 is 0 Å². The van der Waals surface area contributed by atoms with Gasteiger partial charge in [-0.15, -0.1) is 0 Å². The van der Waals surface area contributed by atoms with Gasteiger partial charge in [-0.1, -0.05) is 18.2 Å². The van der Waals surface area contributed by atoms with Crippen molar-refractivity contribution >= 4 is 17.6 Å². The van der Waals surface area contributed by atoms with E-state index in [2.05, 4.69) is 0 Å². The van der Waals surface area contributed by atoms with Crippen molar-refractivity contribution in [3.8, 4) is 0 Å². The van der Waals surface area contributed by atoms with Crippen molar-refractivity contribution in [2.24, 2.45) is 11.5 Å². The molecule has 6 heteroatoms. The molecule has 102 valence electrons. The molecule has 1 aromatic rings. The zero-order chi connectivity index (χ0) is 14.6. The molecule has 1 aromatic carbocycles. The SMILES string of the molecule is CC(=O)N(C)[C@@H](Cc1cccc(C(=N)N)c1)C(N)=O. The van der Waals surface area contributed by atoms with Crippen LogP contribution < -0.4 is 11.5 Å². The van der Waals surface area contributed by atoms with Crippen LogP contribution >= 0.6 is 0 Å². The first kappa shape index (κ1) is 14.7. The third-order valence-corrected chi connectivity index (χ3v) is 2.96. The van der Waals surface area contributed by atoms with Crippen LogP contribution in [0.1, 0.15) is 18.1 Å². The van der Waals surface area contributed by atoms with Crippen LogP contribution in [0.25, 0.3) is 0 Å². The monoisotopic (exact) mass is 262 g/mol. The smallest absolute Gasteiger partial charge is 0.240 e. The molecule has 0 bridgehead atoms. The number of rotatable bonds is 5. The molecule has 0 unspecified atom stereocenters. The summed E-state index contributed by atoms with van der Waals surface area (Å²) in [7, 11) is 1.53. The molecule has 19 heavy (non-hydrogen) atoms. The van der Waals surface area contributed by atoms with Gasteiger partial charge in [0.15, 0.2) is 0 Å². The lowest BCUT2D eigenvalue weighted by molar-refractivity contribution is -0.136. The summed E-state index contributed by atoms with van der Waals surface area (Å²) in [6.45, 7) is 1.38. The highest BCUT2D eigenvalue weighted by atomic mass is 16.2. The van der Waals surface area contributed by atoms with Gasteiger partial charge in [0.1, 0.15) is 11.9 Å². The van der Waals surface area contributed by atoms with E-state index in [0.29, 0.717) is 12.0 Å². The van der Waals surface area contributed by atoms with Crippen LogP contribution in [-0.4, -0.2) is 35.6 Å². The van der Waals surface area contributed by atoms with E-state index in [1.807, 2.05) is 0 Å². The van der Waals surface area contributed by atoms with Crippen molar-refractivity contribution in [1.82, 2.24) is 4.90 Å². The minimum Gasteiger partial charge on any atom is -0.384 e. The molecule has 5 N–H and O–H groups in total.